The Bertz CT molecular complexity index is 691. The molecule has 0 atom stereocenters. The highest BCUT2D eigenvalue weighted by molar-refractivity contribution is 5.89. The molecule has 0 radical (unpaired) electrons. The van der Waals surface area contributed by atoms with Crippen molar-refractivity contribution in [3.8, 4) is 0 Å². The third kappa shape index (κ3) is 3.94. The van der Waals surface area contributed by atoms with Crippen LogP contribution in [0.3, 0.4) is 0 Å². The quantitative estimate of drug-likeness (QED) is 0.823. The number of piperidine rings is 1. The van der Waals surface area contributed by atoms with Gasteiger partial charge in [0.15, 0.2) is 0 Å². The van der Waals surface area contributed by atoms with E-state index in [1.165, 1.54) is 37.9 Å². The van der Waals surface area contributed by atoms with Gasteiger partial charge in [0.25, 0.3) is 0 Å². The number of rotatable bonds is 2. The summed E-state index contributed by atoms with van der Waals surface area (Å²) in [4.78, 5) is 14.8. The van der Waals surface area contributed by atoms with Gasteiger partial charge in [-0.25, -0.2) is 4.79 Å². The first-order chi connectivity index (χ1) is 10.9. The molecule has 1 fully saturated rings. The van der Waals surface area contributed by atoms with Crippen molar-refractivity contribution in [1.29, 1.82) is 0 Å². The minimum Gasteiger partial charge on any atom is -0.443 e. The molecule has 0 saturated carbocycles. The summed E-state index contributed by atoms with van der Waals surface area (Å²) in [6, 6.07) is 8.32. The van der Waals surface area contributed by atoms with Gasteiger partial charge in [0, 0.05) is 18.1 Å². The van der Waals surface area contributed by atoms with E-state index < -0.39 is 5.60 Å². The topological polar surface area (TPSA) is 34.5 Å². The largest absolute Gasteiger partial charge is 0.443 e. The van der Waals surface area contributed by atoms with E-state index in [0.29, 0.717) is 0 Å². The highest BCUT2D eigenvalue weighted by atomic mass is 16.6. The molecule has 0 aliphatic carbocycles. The summed E-state index contributed by atoms with van der Waals surface area (Å²) in [5.74, 6) is 0. The number of carbonyl (C=O) groups excluding carboxylic acids is 1. The molecule has 1 aliphatic rings. The Hall–Kier alpha value is -1.81. The van der Waals surface area contributed by atoms with Gasteiger partial charge in [-0.1, -0.05) is 12.5 Å². The molecule has 1 aromatic heterocycles. The fraction of sp³-hybridized carbons (Fsp3) is 0.526. The molecule has 3 rings (SSSR count). The van der Waals surface area contributed by atoms with Crippen molar-refractivity contribution in [1.82, 2.24) is 9.47 Å². The first-order valence-electron chi connectivity index (χ1n) is 8.48. The summed E-state index contributed by atoms with van der Waals surface area (Å²) in [6.45, 7) is 9.02. The van der Waals surface area contributed by atoms with Crippen LogP contribution in [0.25, 0.3) is 10.9 Å². The van der Waals surface area contributed by atoms with Crippen molar-refractivity contribution in [3.05, 3.63) is 36.0 Å². The van der Waals surface area contributed by atoms with Crippen LogP contribution in [0.5, 0.6) is 0 Å². The van der Waals surface area contributed by atoms with E-state index in [9.17, 15) is 4.79 Å². The third-order valence-electron chi connectivity index (χ3n) is 4.20. The molecule has 4 nitrogen and oxygen atoms in total. The van der Waals surface area contributed by atoms with Crippen LogP contribution in [0.15, 0.2) is 30.5 Å². The molecular formula is C19H26N2O2. The lowest BCUT2D eigenvalue weighted by atomic mass is 10.1. The van der Waals surface area contributed by atoms with Gasteiger partial charge in [0.05, 0.1) is 5.52 Å². The van der Waals surface area contributed by atoms with Gasteiger partial charge in [-0.15, -0.1) is 0 Å². The number of likely N-dealkylation sites (tertiary alicyclic amines) is 1. The van der Waals surface area contributed by atoms with Gasteiger partial charge < -0.3 is 4.74 Å². The first-order valence-corrected chi connectivity index (χ1v) is 8.48. The molecule has 1 saturated heterocycles. The van der Waals surface area contributed by atoms with Crippen molar-refractivity contribution in [2.24, 2.45) is 0 Å². The Balaban J connectivity index is 1.78. The van der Waals surface area contributed by atoms with Crippen molar-refractivity contribution < 1.29 is 9.53 Å². The summed E-state index contributed by atoms with van der Waals surface area (Å²) in [7, 11) is 0. The maximum absolute atomic E-state index is 12.3. The predicted molar refractivity (Wildman–Crippen MR) is 92.7 cm³/mol. The predicted octanol–water partition coefficient (Wildman–Crippen LogP) is 4.41. The fourth-order valence-corrected chi connectivity index (χ4v) is 3.14. The summed E-state index contributed by atoms with van der Waals surface area (Å²) in [5.41, 5.74) is 1.73. The maximum atomic E-state index is 12.3. The van der Waals surface area contributed by atoms with Crippen molar-refractivity contribution in [3.63, 3.8) is 0 Å². The number of ether oxygens (including phenoxy) is 1. The second-order valence-electron chi connectivity index (χ2n) is 7.40. The van der Waals surface area contributed by atoms with E-state index in [1.54, 1.807) is 10.8 Å². The van der Waals surface area contributed by atoms with E-state index in [2.05, 4.69) is 17.0 Å². The normalized spacial score (nSPS) is 16.7. The summed E-state index contributed by atoms with van der Waals surface area (Å²) < 4.78 is 7.05. The zero-order chi connectivity index (χ0) is 16.4. The van der Waals surface area contributed by atoms with Crippen LogP contribution >= 0.6 is 0 Å². The molecule has 1 aliphatic heterocycles. The Morgan fingerprint density at radius 2 is 1.87 bits per heavy atom. The van der Waals surface area contributed by atoms with Crippen molar-refractivity contribution >= 4 is 17.0 Å². The number of benzene rings is 1. The average molecular weight is 314 g/mol. The molecular weight excluding hydrogens is 288 g/mol. The smallest absolute Gasteiger partial charge is 0.418 e. The molecule has 0 unspecified atom stereocenters. The van der Waals surface area contributed by atoms with Crippen LogP contribution in [0, 0.1) is 0 Å². The molecule has 0 amide bonds. The number of fused-ring (bicyclic) bond motifs is 1. The lowest BCUT2D eigenvalue weighted by Crippen LogP contribution is -2.29. The van der Waals surface area contributed by atoms with Gasteiger partial charge in [-0.3, -0.25) is 9.47 Å². The van der Waals surface area contributed by atoms with Crippen LogP contribution in [0.1, 0.15) is 45.6 Å². The van der Waals surface area contributed by atoms with E-state index >= 15 is 0 Å². The summed E-state index contributed by atoms with van der Waals surface area (Å²) in [6.07, 6.45) is 5.43. The summed E-state index contributed by atoms with van der Waals surface area (Å²) >= 11 is 0. The maximum Gasteiger partial charge on any atom is 0.418 e. The molecule has 1 aromatic carbocycles. The Kier molecular flexibility index (Phi) is 4.44. The first kappa shape index (κ1) is 16.1. The molecule has 124 valence electrons. The monoisotopic (exact) mass is 314 g/mol. The van der Waals surface area contributed by atoms with Gasteiger partial charge in [0.2, 0.25) is 0 Å². The molecule has 23 heavy (non-hydrogen) atoms. The van der Waals surface area contributed by atoms with Crippen LogP contribution < -0.4 is 0 Å². The molecule has 0 spiro atoms. The number of aromatic nitrogens is 1. The van der Waals surface area contributed by atoms with E-state index in [0.717, 1.165) is 17.4 Å². The van der Waals surface area contributed by atoms with E-state index in [4.69, 9.17) is 4.74 Å². The number of hydrogen-bond donors (Lipinski definition) is 0. The number of hydrogen-bond acceptors (Lipinski definition) is 3. The van der Waals surface area contributed by atoms with Crippen LogP contribution in [-0.2, 0) is 11.3 Å². The fourth-order valence-electron chi connectivity index (χ4n) is 3.14. The zero-order valence-corrected chi connectivity index (χ0v) is 14.3. The van der Waals surface area contributed by atoms with Gasteiger partial charge in [0.1, 0.15) is 5.60 Å². The Labute approximate surface area is 138 Å². The van der Waals surface area contributed by atoms with Crippen molar-refractivity contribution in [2.75, 3.05) is 13.1 Å². The number of carbonyl (C=O) groups is 1. The van der Waals surface area contributed by atoms with Gasteiger partial charge in [-0.05, 0) is 70.5 Å². The lowest BCUT2D eigenvalue weighted by Gasteiger charge is -2.26. The standard InChI is InChI=1S/C19H26N2O2/c1-19(2,3)23-18(22)21-12-9-16-13-15(7-8-17(16)21)14-20-10-5-4-6-11-20/h7-9,12-13H,4-6,10-11,14H2,1-3H3. The summed E-state index contributed by atoms with van der Waals surface area (Å²) in [5, 5.41) is 1.09. The molecule has 0 bridgehead atoms. The molecule has 4 heteroatoms. The SMILES string of the molecule is CC(C)(C)OC(=O)n1ccc2cc(CN3CCCCC3)ccc21. The third-order valence-corrected chi connectivity index (χ3v) is 4.20. The highest BCUT2D eigenvalue weighted by Crippen LogP contribution is 2.21. The van der Waals surface area contributed by atoms with Crippen molar-refractivity contribution in [2.45, 2.75) is 52.2 Å². The Morgan fingerprint density at radius 1 is 1.13 bits per heavy atom. The molecule has 2 aromatic rings. The van der Waals surface area contributed by atoms with Crippen LogP contribution in [0.2, 0.25) is 0 Å². The zero-order valence-electron chi connectivity index (χ0n) is 14.3. The minimum atomic E-state index is -0.484. The second kappa shape index (κ2) is 6.36. The number of nitrogens with zero attached hydrogens (tertiary/aromatic N) is 2. The second-order valence-corrected chi connectivity index (χ2v) is 7.40. The van der Waals surface area contributed by atoms with E-state index in [-0.39, 0.29) is 6.09 Å². The average Bonchev–Trinajstić information content (AvgIpc) is 2.90. The molecule has 0 N–H and O–H groups in total. The Morgan fingerprint density at radius 3 is 2.57 bits per heavy atom. The van der Waals surface area contributed by atoms with Gasteiger partial charge >= 0.3 is 6.09 Å². The minimum absolute atomic E-state index is 0.323. The van der Waals surface area contributed by atoms with Crippen LogP contribution in [0.4, 0.5) is 4.79 Å². The van der Waals surface area contributed by atoms with E-state index in [1.807, 2.05) is 32.9 Å². The molecule has 2 heterocycles. The van der Waals surface area contributed by atoms with Crippen LogP contribution in [-0.4, -0.2) is 34.3 Å². The van der Waals surface area contributed by atoms with Gasteiger partial charge in [-0.2, -0.15) is 0 Å². The lowest BCUT2D eigenvalue weighted by molar-refractivity contribution is 0.0544. The highest BCUT2D eigenvalue weighted by Gasteiger charge is 2.19.